The Bertz CT molecular complexity index is 818. The number of halogens is 1. The summed E-state index contributed by atoms with van der Waals surface area (Å²) in [5.41, 5.74) is 3.59. The van der Waals surface area contributed by atoms with Crippen LogP contribution in [0.4, 0.5) is 0 Å². The molecule has 0 aliphatic heterocycles. The molecule has 0 saturated carbocycles. The fourth-order valence-electron chi connectivity index (χ4n) is 2.52. The zero-order valence-corrected chi connectivity index (χ0v) is 15.0. The van der Waals surface area contributed by atoms with E-state index in [4.69, 9.17) is 4.98 Å². The van der Waals surface area contributed by atoms with Gasteiger partial charge in [0.15, 0.2) is 0 Å². The molecule has 1 aromatic carbocycles. The summed E-state index contributed by atoms with van der Waals surface area (Å²) in [6.07, 6.45) is 3.58. The van der Waals surface area contributed by atoms with Gasteiger partial charge in [-0.25, -0.2) is 0 Å². The van der Waals surface area contributed by atoms with Gasteiger partial charge >= 0.3 is 28.2 Å². The summed E-state index contributed by atoms with van der Waals surface area (Å²) in [6.45, 7) is 0. The molecule has 0 spiro atoms. The van der Waals surface area contributed by atoms with Crippen LogP contribution in [0.1, 0.15) is 0 Å². The first-order chi connectivity index (χ1) is 11.4. The van der Waals surface area contributed by atoms with Gasteiger partial charge < -0.3 is 4.98 Å². The minimum Gasteiger partial charge on any atom is -0.653 e. The number of aromatic nitrogens is 3. The van der Waals surface area contributed by atoms with Crippen molar-refractivity contribution in [3.8, 4) is 22.8 Å². The molecular formula is C18H12ClN3Pt. The molecule has 4 aromatic rings. The number of fused-ring (bicyclic) bond motifs is 1. The summed E-state index contributed by atoms with van der Waals surface area (Å²) in [6, 6.07) is 20.0. The second-order valence-corrected chi connectivity index (χ2v) is 4.78. The second-order valence-electron chi connectivity index (χ2n) is 4.78. The maximum Gasteiger partial charge on any atom is 0.0489 e. The van der Waals surface area contributed by atoms with Crippen LogP contribution in [0.3, 0.4) is 0 Å². The first kappa shape index (κ1) is 15.9. The van der Waals surface area contributed by atoms with Gasteiger partial charge in [0, 0.05) is 23.8 Å². The molecule has 0 bridgehead atoms. The van der Waals surface area contributed by atoms with Crippen molar-refractivity contribution in [1.82, 2.24) is 15.0 Å². The molecule has 4 rings (SSSR count). The van der Waals surface area contributed by atoms with E-state index in [1.165, 1.54) is 0 Å². The number of hydrogen-bond donors (Lipinski definition) is 0. The molecule has 0 amide bonds. The molecule has 0 N–H and O–H groups in total. The van der Waals surface area contributed by atoms with Crippen LogP contribution in [0, 0.1) is 0 Å². The minimum atomic E-state index is 0.885. The summed E-state index contributed by atoms with van der Waals surface area (Å²) in [5.74, 6) is 0. The number of rotatable bonds is 2. The summed E-state index contributed by atoms with van der Waals surface area (Å²) >= 11 is 1.61. The van der Waals surface area contributed by atoms with Crippen molar-refractivity contribution in [2.45, 2.75) is 0 Å². The monoisotopic (exact) mass is 500 g/mol. The third-order valence-corrected chi connectivity index (χ3v) is 3.48. The van der Waals surface area contributed by atoms with Gasteiger partial charge in [0.25, 0.3) is 0 Å². The predicted octanol–water partition coefficient (Wildman–Crippen LogP) is 4.61. The number of pyridine rings is 2. The van der Waals surface area contributed by atoms with Gasteiger partial charge in [-0.3, -0.25) is 9.97 Å². The fourth-order valence-corrected chi connectivity index (χ4v) is 2.52. The number of nitrogens with zero attached hydrogens (tertiary/aromatic N) is 3. The van der Waals surface area contributed by atoms with E-state index < -0.39 is 0 Å². The quantitative estimate of drug-likeness (QED) is 0.404. The van der Waals surface area contributed by atoms with Gasteiger partial charge in [0.1, 0.15) is 0 Å². The zero-order chi connectivity index (χ0) is 16.1. The molecule has 3 heterocycles. The Labute approximate surface area is 149 Å². The Morgan fingerprint density at radius 3 is 1.48 bits per heavy atom. The Kier molecular flexibility index (Phi) is 5.22. The summed E-state index contributed by atoms with van der Waals surface area (Å²) in [5, 5.41) is 2.22. The Morgan fingerprint density at radius 2 is 1.09 bits per heavy atom. The van der Waals surface area contributed by atoms with Crippen molar-refractivity contribution < 1.29 is 18.8 Å². The van der Waals surface area contributed by atoms with Gasteiger partial charge in [0.05, 0.1) is 0 Å². The maximum absolute atomic E-state index is 4.80. The van der Waals surface area contributed by atoms with Crippen LogP contribution in [0.25, 0.3) is 33.5 Å². The smallest absolute Gasteiger partial charge is 0.0489 e. The van der Waals surface area contributed by atoms with Crippen molar-refractivity contribution in [2.24, 2.45) is 0 Å². The molecule has 0 fully saturated rings. The van der Waals surface area contributed by atoms with E-state index in [1.807, 2.05) is 48.5 Å². The van der Waals surface area contributed by atoms with Crippen LogP contribution in [-0.2, 0) is 18.8 Å². The van der Waals surface area contributed by atoms with E-state index in [2.05, 4.69) is 31.5 Å². The minimum absolute atomic E-state index is 0.885. The van der Waals surface area contributed by atoms with Crippen molar-refractivity contribution in [3.63, 3.8) is 0 Å². The summed E-state index contributed by atoms with van der Waals surface area (Å²) in [7, 11) is 4.61. The molecule has 0 radical (unpaired) electrons. The van der Waals surface area contributed by atoms with Crippen molar-refractivity contribution in [3.05, 3.63) is 73.1 Å². The first-order valence-corrected chi connectivity index (χ1v) is 9.75. The molecule has 0 saturated heterocycles. The second kappa shape index (κ2) is 7.54. The van der Waals surface area contributed by atoms with E-state index in [0.29, 0.717) is 0 Å². The van der Waals surface area contributed by atoms with E-state index in [1.54, 1.807) is 31.2 Å². The third kappa shape index (κ3) is 3.21. The van der Waals surface area contributed by atoms with Crippen LogP contribution < -0.4 is 4.98 Å². The van der Waals surface area contributed by atoms with Gasteiger partial charge in [0.2, 0.25) is 0 Å². The average Bonchev–Trinajstić information content (AvgIpc) is 3.05. The van der Waals surface area contributed by atoms with Crippen LogP contribution in [-0.4, -0.2) is 9.97 Å². The van der Waals surface area contributed by atoms with E-state index in [-0.39, 0.29) is 0 Å². The molecule has 0 aliphatic carbocycles. The van der Waals surface area contributed by atoms with Crippen LogP contribution >= 0.6 is 9.42 Å². The van der Waals surface area contributed by atoms with Gasteiger partial charge in [-0.2, -0.15) is 0 Å². The van der Waals surface area contributed by atoms with Gasteiger partial charge in [-0.05, 0) is 35.0 Å². The first-order valence-electron chi connectivity index (χ1n) is 6.94. The molecule has 3 nitrogen and oxygen atoms in total. The normalized spacial score (nSPS) is 10.2. The van der Waals surface area contributed by atoms with Crippen molar-refractivity contribution in [1.29, 1.82) is 0 Å². The van der Waals surface area contributed by atoms with E-state index in [9.17, 15) is 0 Å². The fraction of sp³-hybridized carbons (Fsp3) is 0. The predicted molar refractivity (Wildman–Crippen MR) is 89.6 cm³/mol. The van der Waals surface area contributed by atoms with E-state index in [0.717, 1.165) is 33.5 Å². The van der Waals surface area contributed by atoms with Crippen molar-refractivity contribution >= 4 is 20.2 Å². The summed E-state index contributed by atoms with van der Waals surface area (Å²) in [4.78, 5) is 13.7. The average molecular weight is 501 g/mol. The molecule has 23 heavy (non-hydrogen) atoms. The van der Waals surface area contributed by atoms with Gasteiger partial charge in [-0.15, -0.1) is 11.4 Å². The maximum atomic E-state index is 4.80. The van der Waals surface area contributed by atoms with E-state index >= 15 is 0 Å². The topological polar surface area (TPSA) is 39.9 Å². The number of benzene rings is 1. The largest absolute Gasteiger partial charge is 0.653 e. The Hall–Kier alpha value is -1.96. The SMILES string of the molecule is [Cl][Pt+].c1ccc(-c2[n-]c(-c3ccccn3)c3ccccc23)nc1. The van der Waals surface area contributed by atoms with Crippen molar-refractivity contribution in [2.75, 3.05) is 0 Å². The standard InChI is InChI=1S/C18H12N3.ClH.Pt/c1-2-8-14-13(7-1)17(15-9-3-5-11-19-15)21-18(14)16-10-4-6-12-20-16;;/h1-12H;1H;/q-1;;+2/p-1. The van der Waals surface area contributed by atoms with Crippen LogP contribution in [0.5, 0.6) is 0 Å². The Morgan fingerprint density at radius 1 is 0.652 bits per heavy atom. The number of hydrogen-bond acceptors (Lipinski definition) is 2. The molecule has 116 valence electrons. The van der Waals surface area contributed by atoms with Crippen LogP contribution in [0.2, 0.25) is 0 Å². The zero-order valence-electron chi connectivity index (χ0n) is 12.0. The Balaban J connectivity index is 0.000000753. The third-order valence-electron chi connectivity index (χ3n) is 3.48. The molecule has 3 aromatic heterocycles. The molecule has 0 unspecified atom stereocenters. The van der Waals surface area contributed by atoms with Gasteiger partial charge in [-0.1, -0.05) is 36.4 Å². The molecule has 5 heteroatoms. The summed E-state index contributed by atoms with van der Waals surface area (Å²) < 4.78 is 0. The van der Waals surface area contributed by atoms with Crippen LogP contribution in [0.15, 0.2) is 73.1 Å². The molecule has 0 atom stereocenters. The molecular weight excluding hydrogens is 489 g/mol. The molecule has 0 aliphatic rings.